The Bertz CT molecular complexity index is 793. The number of nitrogens with zero attached hydrogens (tertiary/aromatic N) is 2. The first-order valence-electron chi connectivity index (χ1n) is 7.92. The number of anilines is 1. The molecular weight excluding hydrogens is 283 g/mol. The fourth-order valence-electron chi connectivity index (χ4n) is 3.56. The molecule has 22 heavy (non-hydrogen) atoms. The molecule has 4 rings (SSSR count). The Labute approximate surface area is 128 Å². The van der Waals surface area contributed by atoms with E-state index in [-0.39, 0.29) is 17.3 Å². The zero-order valence-corrected chi connectivity index (χ0v) is 12.6. The highest BCUT2D eigenvalue weighted by Crippen LogP contribution is 2.42. The lowest BCUT2D eigenvalue weighted by molar-refractivity contribution is 0.246. The largest absolute Gasteiger partial charge is 0.487 e. The van der Waals surface area contributed by atoms with Crippen LogP contribution in [0.25, 0.3) is 10.9 Å². The SMILES string of the molecule is CC1COc2c(N3CCCCC3)c(F)cc3c(=O)ccn1c23. The van der Waals surface area contributed by atoms with Gasteiger partial charge in [-0.1, -0.05) is 0 Å². The zero-order chi connectivity index (χ0) is 15.3. The van der Waals surface area contributed by atoms with Gasteiger partial charge in [-0.2, -0.15) is 0 Å². The van der Waals surface area contributed by atoms with Gasteiger partial charge in [-0.3, -0.25) is 4.79 Å². The molecule has 116 valence electrons. The van der Waals surface area contributed by atoms with Gasteiger partial charge in [-0.25, -0.2) is 4.39 Å². The molecule has 0 saturated carbocycles. The molecular formula is C17H19FN2O2. The van der Waals surface area contributed by atoms with Crippen molar-refractivity contribution in [1.29, 1.82) is 0 Å². The third kappa shape index (κ3) is 1.91. The minimum Gasteiger partial charge on any atom is -0.487 e. The molecule has 0 bridgehead atoms. The van der Waals surface area contributed by atoms with Gasteiger partial charge in [-0.05, 0) is 32.3 Å². The van der Waals surface area contributed by atoms with E-state index in [0.717, 1.165) is 31.4 Å². The van der Waals surface area contributed by atoms with Crippen LogP contribution in [0.4, 0.5) is 10.1 Å². The fourth-order valence-corrected chi connectivity index (χ4v) is 3.56. The van der Waals surface area contributed by atoms with Crippen LogP contribution in [0.15, 0.2) is 23.1 Å². The quantitative estimate of drug-likeness (QED) is 0.812. The molecule has 1 unspecified atom stereocenters. The molecule has 1 fully saturated rings. The molecule has 0 aliphatic carbocycles. The third-order valence-corrected chi connectivity index (χ3v) is 4.71. The van der Waals surface area contributed by atoms with Crippen LogP contribution in [0, 0.1) is 5.82 Å². The van der Waals surface area contributed by atoms with Crippen molar-refractivity contribution in [3.05, 3.63) is 34.4 Å². The van der Waals surface area contributed by atoms with E-state index in [4.69, 9.17) is 4.74 Å². The van der Waals surface area contributed by atoms with Crippen molar-refractivity contribution in [2.45, 2.75) is 32.2 Å². The van der Waals surface area contributed by atoms with E-state index in [1.165, 1.54) is 18.6 Å². The van der Waals surface area contributed by atoms with Gasteiger partial charge >= 0.3 is 0 Å². The van der Waals surface area contributed by atoms with Crippen LogP contribution in [0.5, 0.6) is 5.75 Å². The van der Waals surface area contributed by atoms with Crippen molar-refractivity contribution in [3.63, 3.8) is 0 Å². The maximum atomic E-state index is 14.7. The average molecular weight is 302 g/mol. The maximum Gasteiger partial charge on any atom is 0.189 e. The maximum absolute atomic E-state index is 14.7. The number of hydrogen-bond donors (Lipinski definition) is 0. The van der Waals surface area contributed by atoms with Gasteiger partial charge in [0.05, 0.1) is 16.9 Å². The average Bonchev–Trinajstić information content (AvgIpc) is 2.53. The summed E-state index contributed by atoms with van der Waals surface area (Å²) in [5, 5.41) is 0.405. The van der Waals surface area contributed by atoms with Crippen molar-refractivity contribution in [1.82, 2.24) is 4.57 Å². The Morgan fingerprint density at radius 1 is 1.27 bits per heavy atom. The fraction of sp³-hybridized carbons (Fsp3) is 0.471. The molecule has 4 nitrogen and oxygen atoms in total. The second-order valence-electron chi connectivity index (χ2n) is 6.23. The van der Waals surface area contributed by atoms with Crippen LogP contribution < -0.4 is 15.1 Å². The molecule has 0 spiro atoms. The number of pyridine rings is 1. The summed E-state index contributed by atoms with van der Waals surface area (Å²) in [5.74, 6) is 0.182. The zero-order valence-electron chi connectivity index (χ0n) is 12.6. The lowest BCUT2D eigenvalue weighted by atomic mass is 10.1. The molecule has 0 amide bonds. The molecule has 1 aromatic heterocycles. The lowest BCUT2D eigenvalue weighted by Gasteiger charge is -2.34. The molecule has 5 heteroatoms. The van der Waals surface area contributed by atoms with Crippen LogP contribution >= 0.6 is 0 Å². The van der Waals surface area contributed by atoms with Gasteiger partial charge in [0.2, 0.25) is 0 Å². The summed E-state index contributed by atoms with van der Waals surface area (Å²) in [6, 6.07) is 3.02. The number of benzene rings is 1. The second kappa shape index (κ2) is 5.00. The smallest absolute Gasteiger partial charge is 0.189 e. The Hall–Kier alpha value is -2.04. The Morgan fingerprint density at radius 3 is 2.82 bits per heavy atom. The second-order valence-corrected chi connectivity index (χ2v) is 6.23. The van der Waals surface area contributed by atoms with Crippen molar-refractivity contribution in [3.8, 4) is 5.75 Å². The summed E-state index contributed by atoms with van der Waals surface area (Å²) < 4.78 is 22.6. The highest BCUT2D eigenvalue weighted by atomic mass is 19.1. The van der Waals surface area contributed by atoms with Crippen LogP contribution in [-0.4, -0.2) is 24.3 Å². The molecule has 0 radical (unpaired) electrons. The molecule has 1 atom stereocenters. The number of hydrogen-bond acceptors (Lipinski definition) is 3. The first-order chi connectivity index (χ1) is 10.7. The van der Waals surface area contributed by atoms with Crippen LogP contribution in [0.3, 0.4) is 0 Å². The monoisotopic (exact) mass is 302 g/mol. The minimum atomic E-state index is -0.353. The van der Waals surface area contributed by atoms with Gasteiger partial charge < -0.3 is 14.2 Å². The summed E-state index contributed by atoms with van der Waals surface area (Å²) >= 11 is 0. The van der Waals surface area contributed by atoms with Gasteiger partial charge in [0.25, 0.3) is 0 Å². The summed E-state index contributed by atoms with van der Waals surface area (Å²) in [4.78, 5) is 14.2. The molecule has 2 aliphatic heterocycles. The topological polar surface area (TPSA) is 34.5 Å². The molecule has 3 heterocycles. The first-order valence-corrected chi connectivity index (χ1v) is 7.92. The first kappa shape index (κ1) is 13.6. The van der Waals surface area contributed by atoms with E-state index in [1.807, 2.05) is 11.5 Å². The highest BCUT2D eigenvalue weighted by Gasteiger charge is 2.28. The van der Waals surface area contributed by atoms with Crippen LogP contribution in [0.1, 0.15) is 32.2 Å². The van der Waals surface area contributed by atoms with E-state index < -0.39 is 0 Å². The minimum absolute atomic E-state index is 0.135. The van der Waals surface area contributed by atoms with Crippen molar-refractivity contribution >= 4 is 16.6 Å². The van der Waals surface area contributed by atoms with Crippen molar-refractivity contribution < 1.29 is 9.13 Å². The predicted octanol–water partition coefficient (Wildman–Crippen LogP) is 3.08. The van der Waals surface area contributed by atoms with Crippen LogP contribution in [-0.2, 0) is 0 Å². The predicted molar refractivity (Wildman–Crippen MR) is 84.4 cm³/mol. The number of rotatable bonds is 1. The summed E-state index contributed by atoms with van der Waals surface area (Å²) in [7, 11) is 0. The number of piperidine rings is 1. The van der Waals surface area contributed by atoms with E-state index in [1.54, 1.807) is 6.20 Å². The van der Waals surface area contributed by atoms with Gasteiger partial charge in [0.15, 0.2) is 17.0 Å². The molecule has 1 saturated heterocycles. The molecule has 2 aromatic rings. The van der Waals surface area contributed by atoms with Gasteiger partial charge in [-0.15, -0.1) is 0 Å². The Morgan fingerprint density at radius 2 is 2.05 bits per heavy atom. The molecule has 0 N–H and O–H groups in total. The standard InChI is InChI=1S/C17H19FN2O2/c1-11-10-22-17-15-12(14(21)5-8-20(11)15)9-13(18)16(17)19-6-3-2-4-7-19/h5,8-9,11H,2-4,6-7,10H2,1H3. The van der Waals surface area contributed by atoms with Gasteiger partial charge in [0.1, 0.15) is 12.3 Å². The van der Waals surface area contributed by atoms with E-state index in [2.05, 4.69) is 4.90 Å². The summed E-state index contributed by atoms with van der Waals surface area (Å²) in [5.41, 5.74) is 1.10. The number of halogens is 1. The normalized spacial score (nSPS) is 21.0. The van der Waals surface area contributed by atoms with E-state index in [0.29, 0.717) is 23.4 Å². The number of aromatic nitrogens is 1. The van der Waals surface area contributed by atoms with Crippen LogP contribution in [0.2, 0.25) is 0 Å². The van der Waals surface area contributed by atoms with E-state index >= 15 is 0 Å². The van der Waals surface area contributed by atoms with Gasteiger partial charge in [0, 0.05) is 25.4 Å². The Balaban J connectivity index is 2.03. The van der Waals surface area contributed by atoms with Crippen molar-refractivity contribution in [2.75, 3.05) is 24.6 Å². The highest BCUT2D eigenvalue weighted by molar-refractivity contribution is 5.91. The Kier molecular flexibility index (Phi) is 3.10. The summed E-state index contributed by atoms with van der Waals surface area (Å²) in [6.07, 6.45) is 5.10. The summed E-state index contributed by atoms with van der Waals surface area (Å²) in [6.45, 7) is 4.21. The van der Waals surface area contributed by atoms with Crippen molar-refractivity contribution in [2.24, 2.45) is 0 Å². The lowest BCUT2D eigenvalue weighted by Crippen LogP contribution is -2.32. The molecule has 2 aliphatic rings. The number of ether oxygens (including phenoxy) is 1. The third-order valence-electron chi connectivity index (χ3n) is 4.71. The van der Waals surface area contributed by atoms with E-state index in [9.17, 15) is 9.18 Å². The molecule has 1 aromatic carbocycles.